The van der Waals surface area contributed by atoms with Gasteiger partial charge in [-0.2, -0.15) is 0 Å². The SMILES string of the molecule is O=C1OC2CCCC2C12C(=O)OC1CCCC12. The van der Waals surface area contributed by atoms with Crippen molar-refractivity contribution in [2.75, 3.05) is 0 Å². The van der Waals surface area contributed by atoms with Gasteiger partial charge in [-0.15, -0.1) is 0 Å². The highest BCUT2D eigenvalue weighted by molar-refractivity contribution is 6.04. The molecule has 2 aliphatic heterocycles. The van der Waals surface area contributed by atoms with Crippen LogP contribution < -0.4 is 0 Å². The Morgan fingerprint density at radius 3 is 1.76 bits per heavy atom. The van der Waals surface area contributed by atoms with E-state index in [1.54, 1.807) is 0 Å². The minimum absolute atomic E-state index is 0.0191. The highest BCUT2D eigenvalue weighted by Gasteiger charge is 2.73. The van der Waals surface area contributed by atoms with Crippen LogP contribution in [0.5, 0.6) is 0 Å². The molecule has 0 aromatic rings. The van der Waals surface area contributed by atoms with Crippen LogP contribution in [0.15, 0.2) is 0 Å². The molecule has 0 bridgehead atoms. The van der Waals surface area contributed by atoms with E-state index < -0.39 is 5.41 Å². The predicted molar refractivity (Wildman–Crippen MR) is 56.9 cm³/mol. The Balaban J connectivity index is 1.83. The molecule has 4 atom stereocenters. The zero-order valence-electron chi connectivity index (χ0n) is 9.69. The molecule has 0 radical (unpaired) electrons. The lowest BCUT2D eigenvalue weighted by atomic mass is 9.67. The number of carbonyl (C=O) groups excluding carboxylic acids is 2. The van der Waals surface area contributed by atoms with Crippen molar-refractivity contribution in [3.05, 3.63) is 0 Å². The van der Waals surface area contributed by atoms with Crippen molar-refractivity contribution in [1.29, 1.82) is 0 Å². The van der Waals surface area contributed by atoms with Gasteiger partial charge in [0.2, 0.25) is 0 Å². The largest absolute Gasteiger partial charge is 0.461 e. The van der Waals surface area contributed by atoms with E-state index in [-0.39, 0.29) is 36.0 Å². The van der Waals surface area contributed by atoms with E-state index in [1.807, 2.05) is 0 Å². The Kier molecular flexibility index (Phi) is 1.77. The first-order valence-electron chi connectivity index (χ1n) is 6.66. The molecular formula is C13H16O4. The molecule has 4 unspecified atom stereocenters. The van der Waals surface area contributed by atoms with Crippen molar-refractivity contribution < 1.29 is 19.1 Å². The number of carbonyl (C=O) groups is 2. The van der Waals surface area contributed by atoms with Crippen molar-refractivity contribution in [2.24, 2.45) is 17.3 Å². The molecule has 1 spiro atoms. The van der Waals surface area contributed by atoms with Gasteiger partial charge < -0.3 is 9.47 Å². The van der Waals surface area contributed by atoms with Crippen molar-refractivity contribution in [3.8, 4) is 0 Å². The van der Waals surface area contributed by atoms with Crippen molar-refractivity contribution in [2.45, 2.75) is 50.7 Å². The van der Waals surface area contributed by atoms with Gasteiger partial charge in [-0.05, 0) is 38.5 Å². The van der Waals surface area contributed by atoms with Gasteiger partial charge >= 0.3 is 11.9 Å². The van der Waals surface area contributed by atoms with Gasteiger partial charge in [0.05, 0.1) is 0 Å². The number of hydrogen-bond donors (Lipinski definition) is 0. The molecule has 4 aliphatic rings. The van der Waals surface area contributed by atoms with Gasteiger partial charge in [0.25, 0.3) is 0 Å². The standard InChI is InChI=1S/C13H16O4/c14-11-13(7-3-1-5-9(7)16-11)8-4-2-6-10(8)17-12(13)15/h7-10H,1-6H2. The van der Waals surface area contributed by atoms with Crippen LogP contribution in [0.3, 0.4) is 0 Å². The van der Waals surface area contributed by atoms with Crippen LogP contribution in [0.4, 0.5) is 0 Å². The summed E-state index contributed by atoms with van der Waals surface area (Å²) in [7, 11) is 0. The fraction of sp³-hybridized carbons (Fsp3) is 0.846. The number of ether oxygens (including phenoxy) is 2. The third-order valence-corrected chi connectivity index (χ3v) is 5.27. The molecule has 4 fully saturated rings. The lowest BCUT2D eigenvalue weighted by molar-refractivity contribution is -0.161. The fourth-order valence-corrected chi connectivity index (χ4v) is 4.61. The second-order valence-corrected chi connectivity index (χ2v) is 5.83. The van der Waals surface area contributed by atoms with Crippen LogP contribution in [0.1, 0.15) is 38.5 Å². The van der Waals surface area contributed by atoms with E-state index in [1.165, 1.54) is 0 Å². The molecule has 2 saturated carbocycles. The van der Waals surface area contributed by atoms with E-state index in [4.69, 9.17) is 9.47 Å². The Morgan fingerprint density at radius 1 is 0.824 bits per heavy atom. The average molecular weight is 236 g/mol. The first kappa shape index (κ1) is 9.92. The summed E-state index contributed by atoms with van der Waals surface area (Å²) in [5, 5.41) is 0. The lowest BCUT2D eigenvalue weighted by Gasteiger charge is -2.26. The smallest absolute Gasteiger partial charge is 0.324 e. The van der Waals surface area contributed by atoms with E-state index >= 15 is 0 Å². The highest BCUT2D eigenvalue weighted by atomic mass is 16.6. The topological polar surface area (TPSA) is 52.6 Å². The quantitative estimate of drug-likeness (QED) is 0.471. The molecule has 4 rings (SSSR count). The molecule has 0 aromatic carbocycles. The summed E-state index contributed by atoms with van der Waals surface area (Å²) in [4.78, 5) is 24.5. The number of hydrogen-bond acceptors (Lipinski definition) is 4. The van der Waals surface area contributed by atoms with Crippen LogP contribution in [0.2, 0.25) is 0 Å². The third kappa shape index (κ3) is 0.964. The first-order chi connectivity index (χ1) is 8.24. The summed E-state index contributed by atoms with van der Waals surface area (Å²) in [6, 6.07) is 0. The van der Waals surface area contributed by atoms with Gasteiger partial charge in [0.15, 0.2) is 5.41 Å². The number of rotatable bonds is 0. The number of esters is 2. The summed E-state index contributed by atoms with van der Waals surface area (Å²) < 4.78 is 10.9. The molecule has 2 saturated heterocycles. The molecule has 92 valence electrons. The summed E-state index contributed by atoms with van der Waals surface area (Å²) in [6.07, 6.45) is 5.81. The summed E-state index contributed by atoms with van der Waals surface area (Å²) >= 11 is 0. The zero-order chi connectivity index (χ0) is 11.6. The molecular weight excluding hydrogens is 220 g/mol. The molecule has 4 nitrogen and oxygen atoms in total. The molecule has 2 heterocycles. The first-order valence-corrected chi connectivity index (χ1v) is 6.66. The normalized spacial score (nSPS) is 51.5. The molecule has 0 aromatic heterocycles. The zero-order valence-corrected chi connectivity index (χ0v) is 9.69. The van der Waals surface area contributed by atoms with E-state index in [2.05, 4.69) is 0 Å². The van der Waals surface area contributed by atoms with Gasteiger partial charge in [-0.3, -0.25) is 9.59 Å². The van der Waals surface area contributed by atoms with Crippen molar-refractivity contribution >= 4 is 11.9 Å². The minimum Gasteiger partial charge on any atom is -0.461 e. The predicted octanol–water partition coefficient (Wildman–Crippen LogP) is 1.42. The second-order valence-electron chi connectivity index (χ2n) is 5.83. The summed E-state index contributed by atoms with van der Waals surface area (Å²) in [5.41, 5.74) is -0.914. The maximum Gasteiger partial charge on any atom is 0.324 e. The lowest BCUT2D eigenvalue weighted by Crippen LogP contribution is -2.43. The Morgan fingerprint density at radius 2 is 1.29 bits per heavy atom. The second kappa shape index (κ2) is 3.03. The van der Waals surface area contributed by atoms with Crippen molar-refractivity contribution in [3.63, 3.8) is 0 Å². The monoisotopic (exact) mass is 236 g/mol. The van der Waals surface area contributed by atoms with Gasteiger partial charge in [-0.1, -0.05) is 0 Å². The molecule has 0 amide bonds. The molecule has 0 N–H and O–H groups in total. The average Bonchev–Trinajstić information content (AvgIpc) is 2.95. The Hall–Kier alpha value is -1.06. The van der Waals surface area contributed by atoms with E-state index in [0.717, 1.165) is 38.5 Å². The summed E-state index contributed by atoms with van der Waals surface area (Å²) in [5.74, 6) is -0.385. The van der Waals surface area contributed by atoms with E-state index in [0.29, 0.717) is 0 Å². The highest BCUT2D eigenvalue weighted by Crippen LogP contribution is 2.60. The van der Waals surface area contributed by atoms with E-state index in [9.17, 15) is 9.59 Å². The maximum atomic E-state index is 12.2. The van der Waals surface area contributed by atoms with Crippen LogP contribution >= 0.6 is 0 Å². The van der Waals surface area contributed by atoms with Gasteiger partial charge in [0.1, 0.15) is 12.2 Å². The minimum atomic E-state index is -0.914. The van der Waals surface area contributed by atoms with Crippen LogP contribution in [0.25, 0.3) is 0 Å². The molecule has 4 heteroatoms. The van der Waals surface area contributed by atoms with Gasteiger partial charge in [-0.25, -0.2) is 0 Å². The van der Waals surface area contributed by atoms with Gasteiger partial charge in [0, 0.05) is 11.8 Å². The maximum absolute atomic E-state index is 12.2. The summed E-state index contributed by atoms with van der Waals surface area (Å²) in [6.45, 7) is 0. The Bertz CT molecular complexity index is 364. The van der Waals surface area contributed by atoms with Crippen LogP contribution in [-0.4, -0.2) is 24.1 Å². The molecule has 2 aliphatic carbocycles. The Labute approximate surface area is 99.6 Å². The van der Waals surface area contributed by atoms with Crippen LogP contribution in [0, 0.1) is 17.3 Å². The van der Waals surface area contributed by atoms with Crippen molar-refractivity contribution in [1.82, 2.24) is 0 Å². The van der Waals surface area contributed by atoms with Crippen LogP contribution in [-0.2, 0) is 19.1 Å². The fourth-order valence-electron chi connectivity index (χ4n) is 4.61. The molecule has 17 heavy (non-hydrogen) atoms. The number of fused-ring (bicyclic) bond motifs is 4. The third-order valence-electron chi connectivity index (χ3n) is 5.27.